The Morgan fingerprint density at radius 3 is 2.49 bits per heavy atom. The fraction of sp³-hybridized carbons (Fsp3) is 0.268. The molecule has 3 unspecified atom stereocenters. The monoisotopic (exact) mass is 558 g/mol. The van der Waals surface area contributed by atoms with Crippen molar-refractivity contribution in [2.45, 2.75) is 58.8 Å². The third kappa shape index (κ3) is 3.85. The molecule has 5 aromatic rings. The molecule has 0 radical (unpaired) electrons. The smallest absolute Gasteiger partial charge is 0.126 e. The van der Waals surface area contributed by atoms with E-state index >= 15 is 0 Å². The van der Waals surface area contributed by atoms with E-state index in [-0.39, 0.29) is 10.8 Å². The molecule has 0 saturated heterocycles. The zero-order valence-corrected chi connectivity index (χ0v) is 25.7. The van der Waals surface area contributed by atoms with Crippen molar-refractivity contribution in [1.29, 1.82) is 0 Å². The Bertz CT molecular complexity index is 2100. The number of hydrogen-bond donors (Lipinski definition) is 0. The molecule has 2 heteroatoms. The molecule has 3 aliphatic rings. The van der Waals surface area contributed by atoms with E-state index in [9.17, 15) is 0 Å². The summed E-state index contributed by atoms with van der Waals surface area (Å²) >= 11 is 0. The molecular formula is C41H38N2. The van der Waals surface area contributed by atoms with Gasteiger partial charge in [0.1, 0.15) is 5.82 Å². The molecule has 0 amide bonds. The van der Waals surface area contributed by atoms with Crippen LogP contribution in [0.15, 0.2) is 97.1 Å². The van der Waals surface area contributed by atoms with Crippen molar-refractivity contribution in [2.75, 3.05) is 0 Å². The summed E-state index contributed by atoms with van der Waals surface area (Å²) in [7, 11) is 0. The molecule has 1 aromatic heterocycles. The topological polar surface area (TPSA) is 25.8 Å². The largest absolute Gasteiger partial charge is 0.233 e. The van der Waals surface area contributed by atoms with Crippen LogP contribution in [0.2, 0.25) is 0 Å². The Hall–Kier alpha value is -4.30. The third-order valence-electron chi connectivity index (χ3n) is 10.8. The van der Waals surface area contributed by atoms with Gasteiger partial charge in [-0.3, -0.25) is 0 Å². The number of fused-ring (bicyclic) bond motifs is 4. The molecule has 0 aliphatic heterocycles. The Morgan fingerprint density at radius 1 is 0.907 bits per heavy atom. The van der Waals surface area contributed by atoms with Gasteiger partial charge in [0.15, 0.2) is 0 Å². The van der Waals surface area contributed by atoms with Gasteiger partial charge in [0.2, 0.25) is 0 Å². The molecular weight excluding hydrogens is 520 g/mol. The SMILES string of the molecule is C=C/C=c1/ccc2c(C34C=CC5=C(CC(C)(CC)Cc6c5nc(C)nc6-c5ccccc5)C3C4)ccc3ccc(C)c1c32. The van der Waals surface area contributed by atoms with Crippen molar-refractivity contribution in [3.05, 3.63) is 131 Å². The van der Waals surface area contributed by atoms with Crippen LogP contribution in [-0.2, 0) is 11.8 Å². The first-order valence-electron chi connectivity index (χ1n) is 15.8. The van der Waals surface area contributed by atoms with E-state index in [1.165, 1.54) is 54.6 Å². The first-order chi connectivity index (χ1) is 20.9. The van der Waals surface area contributed by atoms with Gasteiger partial charge >= 0.3 is 0 Å². The normalized spacial score (nSPS) is 24.6. The van der Waals surface area contributed by atoms with Crippen molar-refractivity contribution < 1.29 is 0 Å². The first-order valence-corrected chi connectivity index (χ1v) is 15.8. The van der Waals surface area contributed by atoms with E-state index in [1.54, 1.807) is 5.57 Å². The zero-order valence-electron chi connectivity index (χ0n) is 25.7. The Kier molecular flexibility index (Phi) is 5.73. The maximum Gasteiger partial charge on any atom is 0.126 e. The average Bonchev–Trinajstić information content (AvgIpc) is 3.79. The Labute approximate surface area is 254 Å². The molecule has 212 valence electrons. The van der Waals surface area contributed by atoms with Crippen molar-refractivity contribution in [3.63, 3.8) is 0 Å². The van der Waals surface area contributed by atoms with E-state index in [2.05, 4.69) is 112 Å². The van der Waals surface area contributed by atoms with Crippen LogP contribution >= 0.6 is 0 Å². The zero-order chi connectivity index (χ0) is 29.5. The summed E-state index contributed by atoms with van der Waals surface area (Å²) in [5, 5.41) is 6.70. The van der Waals surface area contributed by atoms with Gasteiger partial charge in [-0.05, 0) is 87.9 Å². The van der Waals surface area contributed by atoms with Crippen LogP contribution in [0.3, 0.4) is 0 Å². The molecule has 1 fully saturated rings. The van der Waals surface area contributed by atoms with E-state index in [1.807, 2.05) is 13.0 Å². The van der Waals surface area contributed by atoms with Crippen molar-refractivity contribution in [2.24, 2.45) is 11.3 Å². The molecule has 1 saturated carbocycles. The van der Waals surface area contributed by atoms with E-state index < -0.39 is 0 Å². The highest BCUT2D eigenvalue weighted by Gasteiger charge is 2.58. The van der Waals surface area contributed by atoms with Crippen LogP contribution in [0.4, 0.5) is 0 Å². The van der Waals surface area contributed by atoms with Gasteiger partial charge in [0.25, 0.3) is 0 Å². The second-order valence-electron chi connectivity index (χ2n) is 13.5. The lowest BCUT2D eigenvalue weighted by atomic mass is 9.74. The molecule has 3 aliphatic carbocycles. The van der Waals surface area contributed by atoms with Gasteiger partial charge in [-0.2, -0.15) is 0 Å². The van der Waals surface area contributed by atoms with Gasteiger partial charge in [0.05, 0.1) is 11.4 Å². The van der Waals surface area contributed by atoms with E-state index in [0.717, 1.165) is 42.9 Å². The van der Waals surface area contributed by atoms with Crippen molar-refractivity contribution in [1.82, 2.24) is 9.97 Å². The number of nitrogens with zero attached hydrogens (tertiary/aromatic N) is 2. The standard InChI is InChI=1S/C41H38N2/c1-6-11-27-16-18-31-34(19-17-28-15-14-25(3)36(27)37(28)31)41-21-20-30-32(35(41)24-41)22-40(5,7-2)23-33-38(29-12-9-8-10-13-29)42-26(4)43-39(30)33/h6,8-21,35H,1,7,22-24H2,2-5H3/b27-11-. The summed E-state index contributed by atoms with van der Waals surface area (Å²) in [6, 6.07) is 24.7. The fourth-order valence-corrected chi connectivity index (χ4v) is 8.30. The summed E-state index contributed by atoms with van der Waals surface area (Å²) in [6.07, 6.45) is 13.4. The number of benzene rings is 4. The van der Waals surface area contributed by atoms with Crippen LogP contribution in [0.25, 0.3) is 44.5 Å². The van der Waals surface area contributed by atoms with E-state index in [0.29, 0.717) is 5.92 Å². The lowest BCUT2D eigenvalue weighted by Gasteiger charge is -2.30. The lowest BCUT2D eigenvalue weighted by Crippen LogP contribution is -2.21. The summed E-state index contributed by atoms with van der Waals surface area (Å²) in [5.41, 5.74) is 10.7. The van der Waals surface area contributed by atoms with Gasteiger partial charge < -0.3 is 0 Å². The van der Waals surface area contributed by atoms with Crippen LogP contribution in [0.1, 0.15) is 61.3 Å². The number of aryl methyl sites for hydroxylation is 2. The molecule has 43 heavy (non-hydrogen) atoms. The number of rotatable bonds is 4. The minimum Gasteiger partial charge on any atom is -0.233 e. The summed E-state index contributed by atoms with van der Waals surface area (Å²) in [4.78, 5) is 10.2. The number of aromatic nitrogens is 2. The minimum atomic E-state index is 0.0385. The molecule has 0 bridgehead atoms. The van der Waals surface area contributed by atoms with Crippen LogP contribution in [-0.4, -0.2) is 9.97 Å². The average molecular weight is 559 g/mol. The van der Waals surface area contributed by atoms with Crippen LogP contribution in [0.5, 0.6) is 0 Å². The molecule has 2 nitrogen and oxygen atoms in total. The lowest BCUT2D eigenvalue weighted by molar-refractivity contribution is 0.302. The van der Waals surface area contributed by atoms with Crippen LogP contribution < -0.4 is 5.22 Å². The molecule has 8 rings (SSSR count). The summed E-state index contributed by atoms with van der Waals surface area (Å²) in [5.74, 6) is 1.35. The summed E-state index contributed by atoms with van der Waals surface area (Å²) in [6.45, 7) is 13.1. The highest BCUT2D eigenvalue weighted by Crippen LogP contribution is 2.66. The maximum absolute atomic E-state index is 5.18. The number of allylic oxidation sites excluding steroid dienone is 5. The fourth-order valence-electron chi connectivity index (χ4n) is 8.30. The number of hydrogen-bond acceptors (Lipinski definition) is 2. The Morgan fingerprint density at radius 2 is 1.70 bits per heavy atom. The predicted molar refractivity (Wildman–Crippen MR) is 181 cm³/mol. The molecule has 3 atom stereocenters. The van der Waals surface area contributed by atoms with Gasteiger partial charge in [-0.15, -0.1) is 0 Å². The highest BCUT2D eigenvalue weighted by atomic mass is 14.9. The third-order valence-corrected chi connectivity index (χ3v) is 10.8. The molecule has 0 N–H and O–H groups in total. The molecule has 0 spiro atoms. The Balaban J connectivity index is 1.33. The van der Waals surface area contributed by atoms with Crippen molar-refractivity contribution in [3.8, 4) is 11.3 Å². The first kappa shape index (κ1) is 26.3. The van der Waals surface area contributed by atoms with Gasteiger partial charge in [-0.25, -0.2) is 9.97 Å². The maximum atomic E-state index is 5.18. The second-order valence-corrected chi connectivity index (χ2v) is 13.5. The predicted octanol–water partition coefficient (Wildman–Crippen LogP) is 9.40. The van der Waals surface area contributed by atoms with Gasteiger partial charge in [-0.1, -0.05) is 123 Å². The molecule has 4 aromatic carbocycles. The van der Waals surface area contributed by atoms with Crippen molar-refractivity contribution >= 4 is 33.2 Å². The van der Waals surface area contributed by atoms with Gasteiger partial charge in [0, 0.05) is 16.5 Å². The second kappa shape index (κ2) is 9.35. The molecule has 1 heterocycles. The highest BCUT2D eigenvalue weighted by molar-refractivity contribution is 6.13. The minimum absolute atomic E-state index is 0.0385. The summed E-state index contributed by atoms with van der Waals surface area (Å²) < 4.78 is 0. The quantitative estimate of drug-likeness (QED) is 0.220. The van der Waals surface area contributed by atoms with Crippen LogP contribution in [0, 0.1) is 25.2 Å². The van der Waals surface area contributed by atoms with E-state index in [4.69, 9.17) is 9.97 Å².